The van der Waals surface area contributed by atoms with Crippen molar-refractivity contribution < 1.29 is 13.2 Å². The Morgan fingerprint density at radius 1 is 1.53 bits per heavy atom. The second kappa shape index (κ2) is 4.52. The first-order valence-electron chi connectivity index (χ1n) is 6.32. The highest BCUT2D eigenvalue weighted by Crippen LogP contribution is 2.25. The molecule has 0 aromatic carbocycles. The van der Waals surface area contributed by atoms with Crippen LogP contribution in [0.15, 0.2) is 24.5 Å². The molecule has 3 rings (SSSR count). The molecule has 1 fully saturated rings. The topological polar surface area (TPSA) is 60.7 Å². The second-order valence-electron chi connectivity index (χ2n) is 4.84. The molecule has 6 heteroatoms. The van der Waals surface area contributed by atoms with E-state index in [4.69, 9.17) is 4.74 Å². The van der Waals surface area contributed by atoms with E-state index in [1.165, 1.54) is 0 Å². The Bertz CT molecular complexity index is 706. The Hall–Kier alpha value is -1.56. The smallest absolute Gasteiger partial charge is 0.153 e. The summed E-state index contributed by atoms with van der Waals surface area (Å²) in [7, 11) is -1.32. The van der Waals surface area contributed by atoms with Crippen LogP contribution in [-0.2, 0) is 16.3 Å². The van der Waals surface area contributed by atoms with Crippen molar-refractivity contribution in [2.75, 3.05) is 12.9 Å². The minimum absolute atomic E-state index is 0.288. The van der Waals surface area contributed by atoms with E-state index >= 15 is 0 Å². The van der Waals surface area contributed by atoms with E-state index in [0.29, 0.717) is 12.2 Å². The third kappa shape index (κ3) is 2.10. The van der Waals surface area contributed by atoms with Gasteiger partial charge in [-0.1, -0.05) is 0 Å². The first-order valence-corrected chi connectivity index (χ1v) is 8.04. The summed E-state index contributed by atoms with van der Waals surface area (Å²) < 4.78 is 31.0. The predicted molar refractivity (Wildman–Crippen MR) is 72.3 cm³/mol. The van der Waals surface area contributed by atoms with E-state index in [1.54, 1.807) is 13.3 Å². The summed E-state index contributed by atoms with van der Waals surface area (Å²) >= 11 is 0. The molecular weight excluding hydrogens is 264 g/mol. The Balaban J connectivity index is 1.98. The Kier molecular flexibility index (Phi) is 2.97. The zero-order valence-corrected chi connectivity index (χ0v) is 11.6. The number of nitrogens with zero attached hydrogens (tertiary/aromatic N) is 2. The summed E-state index contributed by atoms with van der Waals surface area (Å²) in [6.45, 7) is 0. The van der Waals surface area contributed by atoms with Crippen LogP contribution in [0.4, 0.5) is 0 Å². The number of imidazole rings is 1. The van der Waals surface area contributed by atoms with Crippen LogP contribution in [0.5, 0.6) is 5.75 Å². The lowest BCUT2D eigenvalue weighted by molar-refractivity contribution is 0.418. The van der Waals surface area contributed by atoms with Crippen molar-refractivity contribution in [2.45, 2.75) is 24.5 Å². The van der Waals surface area contributed by atoms with Crippen molar-refractivity contribution in [3.05, 3.63) is 30.4 Å². The summed E-state index contributed by atoms with van der Waals surface area (Å²) in [6.07, 6.45) is 5.60. The van der Waals surface area contributed by atoms with Crippen molar-refractivity contribution in [2.24, 2.45) is 0 Å². The first kappa shape index (κ1) is 12.5. The SMILES string of the molecule is COc1cccn2c(CC3CCCS3(=O)=O)ncc12. The zero-order chi connectivity index (χ0) is 13.5. The molecular formula is C13H16N2O3S. The van der Waals surface area contributed by atoms with Crippen LogP contribution in [0, 0.1) is 0 Å². The lowest BCUT2D eigenvalue weighted by atomic mass is 10.2. The molecule has 1 atom stereocenters. The summed E-state index contributed by atoms with van der Waals surface area (Å²) in [5, 5.41) is -0.288. The molecule has 0 bridgehead atoms. The monoisotopic (exact) mass is 280 g/mol. The van der Waals surface area contributed by atoms with Crippen LogP contribution in [0.1, 0.15) is 18.7 Å². The number of pyridine rings is 1. The van der Waals surface area contributed by atoms with Crippen molar-refractivity contribution in [1.29, 1.82) is 0 Å². The molecule has 2 aromatic rings. The molecule has 0 amide bonds. The summed E-state index contributed by atoms with van der Waals surface area (Å²) in [5.41, 5.74) is 0.871. The third-order valence-electron chi connectivity index (χ3n) is 3.70. The van der Waals surface area contributed by atoms with Crippen molar-refractivity contribution in [1.82, 2.24) is 9.38 Å². The number of hydrogen-bond acceptors (Lipinski definition) is 4. The maximum atomic E-state index is 11.9. The third-order valence-corrected chi connectivity index (χ3v) is 5.98. The van der Waals surface area contributed by atoms with Crippen molar-refractivity contribution >= 4 is 15.4 Å². The average Bonchev–Trinajstić information content (AvgIpc) is 2.94. The Morgan fingerprint density at radius 2 is 2.37 bits per heavy atom. The number of aromatic nitrogens is 2. The van der Waals surface area contributed by atoms with Gasteiger partial charge in [-0.2, -0.15) is 0 Å². The summed E-state index contributed by atoms with van der Waals surface area (Å²) in [6, 6.07) is 3.74. The van der Waals surface area contributed by atoms with Crippen molar-refractivity contribution in [3.63, 3.8) is 0 Å². The number of fused-ring (bicyclic) bond motifs is 1. The van der Waals surface area contributed by atoms with Gasteiger partial charge in [-0.15, -0.1) is 0 Å². The number of sulfone groups is 1. The van der Waals surface area contributed by atoms with E-state index in [-0.39, 0.29) is 5.25 Å². The number of hydrogen-bond donors (Lipinski definition) is 0. The van der Waals surface area contributed by atoms with Crippen LogP contribution in [0.25, 0.3) is 5.52 Å². The number of ether oxygens (including phenoxy) is 1. The molecule has 0 aliphatic carbocycles. The fourth-order valence-electron chi connectivity index (χ4n) is 2.66. The van der Waals surface area contributed by atoms with Crippen LogP contribution in [0.2, 0.25) is 0 Å². The van der Waals surface area contributed by atoms with Gasteiger partial charge in [-0.25, -0.2) is 13.4 Å². The van der Waals surface area contributed by atoms with Gasteiger partial charge in [-0.3, -0.25) is 0 Å². The molecule has 0 radical (unpaired) electrons. The Labute approximate surface area is 112 Å². The molecule has 0 N–H and O–H groups in total. The van der Waals surface area contributed by atoms with Gasteiger partial charge in [0.25, 0.3) is 0 Å². The van der Waals surface area contributed by atoms with Crippen LogP contribution < -0.4 is 4.74 Å². The summed E-state index contributed by atoms with van der Waals surface area (Å²) in [5.74, 6) is 1.84. The molecule has 0 spiro atoms. The fraction of sp³-hybridized carbons (Fsp3) is 0.462. The van der Waals surface area contributed by atoms with Gasteiger partial charge in [0.15, 0.2) is 9.84 Å². The number of methoxy groups -OCH3 is 1. The van der Waals surface area contributed by atoms with Gasteiger partial charge in [0.2, 0.25) is 0 Å². The van der Waals surface area contributed by atoms with Gasteiger partial charge in [0.05, 0.1) is 24.3 Å². The van der Waals surface area contributed by atoms with Gasteiger partial charge in [0.1, 0.15) is 17.1 Å². The van der Waals surface area contributed by atoms with Gasteiger partial charge >= 0.3 is 0 Å². The highest BCUT2D eigenvalue weighted by atomic mass is 32.2. The van der Waals surface area contributed by atoms with E-state index in [0.717, 1.165) is 29.9 Å². The molecule has 3 heterocycles. The average molecular weight is 280 g/mol. The van der Waals surface area contributed by atoms with Crippen molar-refractivity contribution in [3.8, 4) is 5.75 Å². The maximum absolute atomic E-state index is 11.9. The van der Waals surface area contributed by atoms with Crippen LogP contribution in [0.3, 0.4) is 0 Å². The number of rotatable bonds is 3. The lowest BCUT2D eigenvalue weighted by Crippen LogP contribution is -2.19. The molecule has 1 aliphatic rings. The molecule has 102 valence electrons. The van der Waals surface area contributed by atoms with Crippen LogP contribution >= 0.6 is 0 Å². The van der Waals surface area contributed by atoms with Gasteiger partial charge < -0.3 is 9.14 Å². The summed E-state index contributed by atoms with van der Waals surface area (Å²) in [4.78, 5) is 4.35. The zero-order valence-electron chi connectivity index (χ0n) is 10.7. The minimum Gasteiger partial charge on any atom is -0.494 e. The van der Waals surface area contributed by atoms with Gasteiger partial charge in [0, 0.05) is 12.6 Å². The van der Waals surface area contributed by atoms with Crippen LogP contribution in [-0.4, -0.2) is 35.9 Å². The molecule has 1 saturated heterocycles. The lowest BCUT2D eigenvalue weighted by Gasteiger charge is -2.09. The highest BCUT2D eigenvalue weighted by molar-refractivity contribution is 7.92. The van der Waals surface area contributed by atoms with E-state index in [9.17, 15) is 8.42 Å². The molecule has 2 aromatic heterocycles. The fourth-order valence-corrected chi connectivity index (χ4v) is 4.50. The largest absolute Gasteiger partial charge is 0.494 e. The van der Waals surface area contributed by atoms with E-state index in [1.807, 2.05) is 22.7 Å². The van der Waals surface area contributed by atoms with E-state index in [2.05, 4.69) is 4.98 Å². The molecule has 5 nitrogen and oxygen atoms in total. The Morgan fingerprint density at radius 3 is 3.05 bits per heavy atom. The highest BCUT2D eigenvalue weighted by Gasteiger charge is 2.32. The molecule has 0 saturated carbocycles. The quantitative estimate of drug-likeness (QED) is 0.854. The second-order valence-corrected chi connectivity index (χ2v) is 7.24. The standard InChI is InChI=1S/C13H16N2O3S/c1-18-12-5-2-6-15-11(12)9-14-13(15)8-10-4-3-7-19(10,16)17/h2,5-6,9-10H,3-4,7-8H2,1H3. The first-order chi connectivity index (χ1) is 9.12. The maximum Gasteiger partial charge on any atom is 0.153 e. The normalized spacial score (nSPS) is 21.8. The minimum atomic E-state index is -2.93. The predicted octanol–water partition coefficient (Wildman–Crippen LogP) is 1.46. The molecule has 1 unspecified atom stereocenters. The molecule has 1 aliphatic heterocycles. The van der Waals surface area contributed by atoms with Gasteiger partial charge in [-0.05, 0) is 25.0 Å². The molecule has 19 heavy (non-hydrogen) atoms. The van der Waals surface area contributed by atoms with E-state index < -0.39 is 9.84 Å².